The monoisotopic (exact) mass is 250 g/mol. The Balaban J connectivity index is 2.13. The lowest BCUT2D eigenvalue weighted by Crippen LogP contribution is -1.99. The Hall–Kier alpha value is -2.62. The maximum absolute atomic E-state index is 5.72. The minimum Gasteiger partial charge on any atom is -0.399 e. The van der Waals surface area contributed by atoms with Crippen LogP contribution in [0.3, 0.4) is 0 Å². The number of aromatic nitrogens is 3. The van der Waals surface area contributed by atoms with E-state index >= 15 is 0 Å². The van der Waals surface area contributed by atoms with Gasteiger partial charge >= 0.3 is 0 Å². The van der Waals surface area contributed by atoms with Crippen molar-refractivity contribution in [3.05, 3.63) is 60.7 Å². The van der Waals surface area contributed by atoms with Crippen molar-refractivity contribution >= 4 is 5.69 Å². The van der Waals surface area contributed by atoms with Gasteiger partial charge in [0.1, 0.15) is 5.82 Å². The summed E-state index contributed by atoms with van der Waals surface area (Å²) in [7, 11) is 0. The molecule has 0 aliphatic heterocycles. The molecule has 3 rings (SSSR count). The summed E-state index contributed by atoms with van der Waals surface area (Å²) in [5.41, 5.74) is 9.70. The fourth-order valence-corrected chi connectivity index (χ4v) is 2.08. The van der Waals surface area contributed by atoms with Gasteiger partial charge in [-0.2, -0.15) is 0 Å². The van der Waals surface area contributed by atoms with Gasteiger partial charge in [-0.05, 0) is 42.8 Å². The molecule has 0 radical (unpaired) electrons. The van der Waals surface area contributed by atoms with Gasteiger partial charge in [0.2, 0.25) is 0 Å². The van der Waals surface area contributed by atoms with Crippen molar-refractivity contribution in [3.8, 4) is 17.1 Å². The zero-order valence-electron chi connectivity index (χ0n) is 10.6. The number of hydrogen-bond acceptors (Lipinski definition) is 3. The fraction of sp³-hybridized carbons (Fsp3) is 0.0667. The Morgan fingerprint density at radius 3 is 2.58 bits per heavy atom. The first-order valence-electron chi connectivity index (χ1n) is 6.06. The summed E-state index contributed by atoms with van der Waals surface area (Å²) in [5, 5.41) is 0. The summed E-state index contributed by atoms with van der Waals surface area (Å²) >= 11 is 0. The molecule has 1 aromatic carbocycles. The Kier molecular flexibility index (Phi) is 2.76. The lowest BCUT2D eigenvalue weighted by atomic mass is 10.2. The van der Waals surface area contributed by atoms with Gasteiger partial charge in [0.15, 0.2) is 0 Å². The van der Waals surface area contributed by atoms with Crippen LogP contribution in [0.2, 0.25) is 0 Å². The molecule has 0 spiro atoms. The molecule has 0 aliphatic carbocycles. The Bertz CT molecular complexity index is 698. The second kappa shape index (κ2) is 4.57. The van der Waals surface area contributed by atoms with E-state index in [2.05, 4.69) is 14.5 Å². The van der Waals surface area contributed by atoms with Gasteiger partial charge in [0.05, 0.1) is 5.69 Å². The van der Waals surface area contributed by atoms with Crippen LogP contribution in [0.4, 0.5) is 5.69 Å². The number of rotatable bonds is 2. The smallest absolute Gasteiger partial charge is 0.144 e. The maximum atomic E-state index is 5.72. The molecule has 0 fully saturated rings. The summed E-state index contributed by atoms with van der Waals surface area (Å²) in [6.07, 6.45) is 7.39. The third-order valence-electron chi connectivity index (χ3n) is 3.06. The van der Waals surface area contributed by atoms with Crippen molar-refractivity contribution in [2.45, 2.75) is 6.92 Å². The molecule has 94 valence electrons. The molecule has 0 bridgehead atoms. The molecule has 0 atom stereocenters. The van der Waals surface area contributed by atoms with E-state index in [4.69, 9.17) is 5.73 Å². The van der Waals surface area contributed by atoms with Gasteiger partial charge in [0, 0.05) is 36.0 Å². The summed E-state index contributed by atoms with van der Waals surface area (Å²) in [6.45, 7) is 2.04. The van der Waals surface area contributed by atoms with Gasteiger partial charge in [-0.25, -0.2) is 4.98 Å². The molecular weight excluding hydrogens is 236 g/mol. The maximum Gasteiger partial charge on any atom is 0.144 e. The van der Waals surface area contributed by atoms with Crippen molar-refractivity contribution < 1.29 is 0 Å². The van der Waals surface area contributed by atoms with Gasteiger partial charge in [0.25, 0.3) is 0 Å². The van der Waals surface area contributed by atoms with Crippen molar-refractivity contribution in [1.82, 2.24) is 14.5 Å². The van der Waals surface area contributed by atoms with Crippen LogP contribution in [-0.4, -0.2) is 14.5 Å². The molecular formula is C15H14N4. The molecule has 0 amide bonds. The molecule has 0 saturated carbocycles. The number of pyridine rings is 1. The van der Waals surface area contributed by atoms with E-state index < -0.39 is 0 Å². The van der Waals surface area contributed by atoms with Gasteiger partial charge in [-0.3, -0.25) is 9.55 Å². The summed E-state index contributed by atoms with van der Waals surface area (Å²) in [6, 6.07) is 9.70. The summed E-state index contributed by atoms with van der Waals surface area (Å²) < 4.78 is 2.06. The average Bonchev–Trinajstić information content (AvgIpc) is 2.89. The minimum absolute atomic E-state index is 0.752. The summed E-state index contributed by atoms with van der Waals surface area (Å²) in [5.74, 6) is 0.898. The fourth-order valence-electron chi connectivity index (χ4n) is 2.08. The highest BCUT2D eigenvalue weighted by Crippen LogP contribution is 2.23. The third-order valence-corrected chi connectivity index (χ3v) is 3.06. The molecule has 2 heterocycles. The number of nitrogen functional groups attached to an aromatic ring is 1. The number of nitrogens with two attached hydrogens (primary N) is 1. The highest BCUT2D eigenvalue weighted by molar-refractivity contribution is 5.62. The van der Waals surface area contributed by atoms with Crippen LogP contribution in [0.5, 0.6) is 0 Å². The standard InChI is InChI=1S/C15H14N4/c1-11-10-17-7-6-14(11)19-9-8-18-15(19)12-2-4-13(16)5-3-12/h2-10H,16H2,1H3. The van der Waals surface area contributed by atoms with E-state index in [-0.39, 0.29) is 0 Å². The van der Waals surface area contributed by atoms with E-state index in [9.17, 15) is 0 Å². The molecule has 4 heteroatoms. The number of benzene rings is 1. The number of imidazole rings is 1. The summed E-state index contributed by atoms with van der Waals surface area (Å²) in [4.78, 5) is 8.55. The molecule has 3 aromatic rings. The Morgan fingerprint density at radius 1 is 1.05 bits per heavy atom. The zero-order valence-corrected chi connectivity index (χ0v) is 10.6. The van der Waals surface area contributed by atoms with Crippen LogP contribution >= 0.6 is 0 Å². The SMILES string of the molecule is Cc1cnccc1-n1ccnc1-c1ccc(N)cc1. The van der Waals surface area contributed by atoms with Crippen molar-refractivity contribution in [1.29, 1.82) is 0 Å². The molecule has 0 aliphatic rings. The molecule has 19 heavy (non-hydrogen) atoms. The van der Waals surface area contributed by atoms with E-state index in [0.29, 0.717) is 0 Å². The lowest BCUT2D eigenvalue weighted by molar-refractivity contribution is 1.04. The largest absolute Gasteiger partial charge is 0.399 e. The van der Waals surface area contributed by atoms with E-state index in [0.717, 1.165) is 28.3 Å². The topological polar surface area (TPSA) is 56.7 Å². The first kappa shape index (κ1) is 11.5. The Labute approximate surface area is 111 Å². The minimum atomic E-state index is 0.752. The third kappa shape index (κ3) is 2.08. The highest BCUT2D eigenvalue weighted by atomic mass is 15.1. The molecule has 0 saturated heterocycles. The van der Waals surface area contributed by atoms with E-state index in [1.807, 2.05) is 49.6 Å². The van der Waals surface area contributed by atoms with Crippen LogP contribution in [0.1, 0.15) is 5.56 Å². The zero-order chi connectivity index (χ0) is 13.2. The predicted octanol–water partition coefficient (Wildman–Crippen LogP) is 2.82. The highest BCUT2D eigenvalue weighted by Gasteiger charge is 2.09. The first-order chi connectivity index (χ1) is 9.25. The van der Waals surface area contributed by atoms with E-state index in [1.165, 1.54) is 0 Å². The lowest BCUT2D eigenvalue weighted by Gasteiger charge is -2.10. The van der Waals surface area contributed by atoms with Crippen LogP contribution in [0.25, 0.3) is 17.1 Å². The van der Waals surface area contributed by atoms with Crippen LogP contribution in [0.15, 0.2) is 55.1 Å². The molecule has 0 unspecified atom stereocenters. The normalized spacial score (nSPS) is 10.6. The molecule has 4 nitrogen and oxygen atoms in total. The van der Waals surface area contributed by atoms with Crippen LogP contribution < -0.4 is 5.73 Å². The van der Waals surface area contributed by atoms with Gasteiger partial charge < -0.3 is 5.73 Å². The first-order valence-corrected chi connectivity index (χ1v) is 6.06. The van der Waals surface area contributed by atoms with E-state index in [1.54, 1.807) is 12.4 Å². The van der Waals surface area contributed by atoms with Crippen LogP contribution in [-0.2, 0) is 0 Å². The van der Waals surface area contributed by atoms with Crippen LogP contribution in [0, 0.1) is 6.92 Å². The van der Waals surface area contributed by atoms with Gasteiger partial charge in [-0.1, -0.05) is 0 Å². The second-order valence-electron chi connectivity index (χ2n) is 4.41. The van der Waals surface area contributed by atoms with Gasteiger partial charge in [-0.15, -0.1) is 0 Å². The molecule has 2 aromatic heterocycles. The Morgan fingerprint density at radius 2 is 1.84 bits per heavy atom. The van der Waals surface area contributed by atoms with Crippen molar-refractivity contribution in [2.75, 3.05) is 5.73 Å². The second-order valence-corrected chi connectivity index (χ2v) is 4.41. The molecule has 2 N–H and O–H groups in total. The number of anilines is 1. The predicted molar refractivity (Wildman–Crippen MR) is 75.9 cm³/mol. The van der Waals surface area contributed by atoms with Crippen molar-refractivity contribution in [2.24, 2.45) is 0 Å². The number of nitrogens with zero attached hydrogens (tertiary/aromatic N) is 3. The number of aryl methyl sites for hydroxylation is 1. The number of hydrogen-bond donors (Lipinski definition) is 1. The van der Waals surface area contributed by atoms with Crippen molar-refractivity contribution in [3.63, 3.8) is 0 Å². The quantitative estimate of drug-likeness (QED) is 0.711. The average molecular weight is 250 g/mol.